The first-order valence-corrected chi connectivity index (χ1v) is 5.50. The van der Waals surface area contributed by atoms with Gasteiger partial charge in [-0.25, -0.2) is 0 Å². The van der Waals surface area contributed by atoms with Gasteiger partial charge in [-0.3, -0.25) is 9.69 Å². The molecule has 102 valence electrons. The lowest BCUT2D eigenvalue weighted by atomic mass is 9.89. The predicted octanol–water partition coefficient (Wildman–Crippen LogP) is 2.76. The molecule has 0 aromatic carbocycles. The van der Waals surface area contributed by atoms with Gasteiger partial charge in [0.25, 0.3) is 0 Å². The quantitative estimate of drug-likeness (QED) is 0.793. The number of alkyl halides is 3. The molecule has 0 heterocycles. The van der Waals surface area contributed by atoms with Crippen molar-refractivity contribution in [3.63, 3.8) is 0 Å². The van der Waals surface area contributed by atoms with Gasteiger partial charge in [0, 0.05) is 6.04 Å². The van der Waals surface area contributed by atoms with Crippen LogP contribution in [0.4, 0.5) is 13.2 Å². The molecule has 0 aromatic rings. The van der Waals surface area contributed by atoms with Gasteiger partial charge in [0.15, 0.2) is 0 Å². The third kappa shape index (κ3) is 6.51. The van der Waals surface area contributed by atoms with Gasteiger partial charge in [0.1, 0.15) is 0 Å². The summed E-state index contributed by atoms with van der Waals surface area (Å²) in [4.78, 5) is 12.1. The fourth-order valence-corrected chi connectivity index (χ4v) is 1.28. The molecule has 0 fully saturated rings. The summed E-state index contributed by atoms with van der Waals surface area (Å²) in [6.07, 6.45) is -4.06. The van der Waals surface area contributed by atoms with Gasteiger partial charge in [-0.15, -0.1) is 0 Å². The fraction of sp³-hybridized carbons (Fsp3) is 0.909. The van der Waals surface area contributed by atoms with E-state index in [0.29, 0.717) is 0 Å². The molecule has 6 heteroatoms. The van der Waals surface area contributed by atoms with Crippen molar-refractivity contribution in [3.8, 4) is 0 Å². The van der Waals surface area contributed by atoms with Crippen LogP contribution in [0.2, 0.25) is 0 Å². The molecule has 0 aliphatic rings. The van der Waals surface area contributed by atoms with E-state index in [-0.39, 0.29) is 19.0 Å². The molecule has 0 bridgehead atoms. The minimum absolute atomic E-state index is 0.122. The van der Waals surface area contributed by atoms with E-state index in [0.717, 1.165) is 0 Å². The number of hydrogen-bond donors (Lipinski definition) is 1. The minimum Gasteiger partial charge on any atom is -0.481 e. The van der Waals surface area contributed by atoms with E-state index < -0.39 is 24.1 Å². The Hall–Kier alpha value is -0.780. The van der Waals surface area contributed by atoms with E-state index in [1.165, 1.54) is 18.7 Å². The topological polar surface area (TPSA) is 40.5 Å². The van der Waals surface area contributed by atoms with Gasteiger partial charge >= 0.3 is 12.1 Å². The average Bonchev–Trinajstić information content (AvgIpc) is 2.09. The van der Waals surface area contributed by atoms with Crippen LogP contribution in [0.3, 0.4) is 0 Å². The number of carboxylic acid groups (broad SMARTS) is 1. The Bertz CT molecular complexity index is 262. The van der Waals surface area contributed by atoms with Crippen LogP contribution in [0.1, 0.15) is 34.1 Å². The van der Waals surface area contributed by atoms with Crippen molar-refractivity contribution in [1.82, 2.24) is 4.90 Å². The summed E-state index contributed by atoms with van der Waals surface area (Å²) in [5, 5.41) is 8.88. The monoisotopic (exact) mass is 255 g/mol. The smallest absolute Gasteiger partial charge is 0.401 e. The standard InChI is InChI=1S/C11H20F3NO2/c1-8(2)15(7-11(12,13)14)6-5-10(3,4)9(16)17/h8H,5-7H2,1-4H3,(H,16,17). The van der Waals surface area contributed by atoms with Crippen LogP contribution in [-0.4, -0.2) is 41.3 Å². The van der Waals surface area contributed by atoms with Crippen molar-refractivity contribution < 1.29 is 23.1 Å². The summed E-state index contributed by atoms with van der Waals surface area (Å²) in [5.41, 5.74) is -1.00. The molecular weight excluding hydrogens is 235 g/mol. The Kier molecular flexibility index (Phi) is 5.45. The Morgan fingerprint density at radius 2 is 1.76 bits per heavy atom. The van der Waals surface area contributed by atoms with Crippen molar-refractivity contribution >= 4 is 5.97 Å². The number of hydrogen-bond acceptors (Lipinski definition) is 2. The highest BCUT2D eigenvalue weighted by atomic mass is 19.4. The highest BCUT2D eigenvalue weighted by molar-refractivity contribution is 5.73. The molecule has 0 aromatic heterocycles. The Morgan fingerprint density at radius 3 is 2.06 bits per heavy atom. The second kappa shape index (κ2) is 5.71. The maximum atomic E-state index is 12.3. The molecule has 0 rings (SSSR count). The number of carbonyl (C=O) groups is 1. The summed E-state index contributed by atoms with van der Waals surface area (Å²) in [5.74, 6) is -0.992. The number of carboxylic acids is 1. The van der Waals surface area contributed by atoms with E-state index in [2.05, 4.69) is 0 Å². The van der Waals surface area contributed by atoms with Crippen LogP contribution in [0.15, 0.2) is 0 Å². The van der Waals surface area contributed by atoms with Crippen molar-refractivity contribution in [2.45, 2.75) is 46.3 Å². The number of rotatable bonds is 6. The molecular formula is C11H20F3NO2. The van der Waals surface area contributed by atoms with E-state index in [1.807, 2.05) is 0 Å². The maximum absolute atomic E-state index is 12.3. The zero-order chi connectivity index (χ0) is 13.9. The summed E-state index contributed by atoms with van der Waals surface area (Å²) in [6.45, 7) is 5.48. The predicted molar refractivity (Wildman–Crippen MR) is 58.8 cm³/mol. The number of aliphatic carboxylic acids is 1. The summed E-state index contributed by atoms with van der Waals surface area (Å²) < 4.78 is 36.9. The molecule has 0 saturated heterocycles. The molecule has 0 aliphatic heterocycles. The molecule has 17 heavy (non-hydrogen) atoms. The lowest BCUT2D eigenvalue weighted by Gasteiger charge is -2.30. The third-order valence-electron chi connectivity index (χ3n) is 2.72. The molecule has 0 saturated carbocycles. The lowest BCUT2D eigenvalue weighted by molar-refractivity contribution is -0.153. The zero-order valence-corrected chi connectivity index (χ0v) is 10.6. The van der Waals surface area contributed by atoms with Gasteiger partial charge in [-0.05, 0) is 40.7 Å². The Morgan fingerprint density at radius 1 is 1.29 bits per heavy atom. The van der Waals surface area contributed by atoms with Gasteiger partial charge in [0.05, 0.1) is 12.0 Å². The summed E-state index contributed by atoms with van der Waals surface area (Å²) in [7, 11) is 0. The summed E-state index contributed by atoms with van der Waals surface area (Å²) in [6, 6.07) is -0.263. The molecule has 0 aliphatic carbocycles. The molecule has 0 unspecified atom stereocenters. The summed E-state index contributed by atoms with van der Waals surface area (Å²) >= 11 is 0. The lowest BCUT2D eigenvalue weighted by Crippen LogP contribution is -2.41. The zero-order valence-electron chi connectivity index (χ0n) is 10.6. The van der Waals surface area contributed by atoms with E-state index in [4.69, 9.17) is 5.11 Å². The third-order valence-corrected chi connectivity index (χ3v) is 2.72. The number of nitrogens with zero attached hydrogens (tertiary/aromatic N) is 1. The molecule has 0 spiro atoms. The Balaban J connectivity index is 4.43. The van der Waals surface area contributed by atoms with Crippen LogP contribution in [-0.2, 0) is 4.79 Å². The van der Waals surface area contributed by atoms with Crippen LogP contribution < -0.4 is 0 Å². The molecule has 1 N–H and O–H groups in total. The van der Waals surface area contributed by atoms with Crippen LogP contribution >= 0.6 is 0 Å². The molecule has 0 amide bonds. The maximum Gasteiger partial charge on any atom is 0.401 e. The first-order chi connectivity index (χ1) is 7.46. The second-order valence-corrected chi connectivity index (χ2v) is 5.12. The van der Waals surface area contributed by atoms with E-state index in [1.54, 1.807) is 13.8 Å². The minimum atomic E-state index is -4.25. The van der Waals surface area contributed by atoms with Crippen LogP contribution in [0, 0.1) is 5.41 Å². The van der Waals surface area contributed by atoms with Gasteiger partial charge < -0.3 is 5.11 Å². The first kappa shape index (κ1) is 16.2. The second-order valence-electron chi connectivity index (χ2n) is 5.12. The van der Waals surface area contributed by atoms with Crippen LogP contribution in [0.5, 0.6) is 0 Å². The van der Waals surface area contributed by atoms with Gasteiger partial charge in [-0.2, -0.15) is 13.2 Å². The SMILES string of the molecule is CC(C)N(CCC(C)(C)C(=O)O)CC(F)(F)F. The normalized spacial score (nSPS) is 13.5. The fourth-order valence-electron chi connectivity index (χ4n) is 1.28. The number of halogens is 3. The van der Waals surface area contributed by atoms with Gasteiger partial charge in [0.2, 0.25) is 0 Å². The molecule has 0 radical (unpaired) electrons. The highest BCUT2D eigenvalue weighted by Crippen LogP contribution is 2.23. The van der Waals surface area contributed by atoms with Crippen molar-refractivity contribution in [2.75, 3.05) is 13.1 Å². The average molecular weight is 255 g/mol. The van der Waals surface area contributed by atoms with Crippen LogP contribution in [0.25, 0.3) is 0 Å². The molecule has 0 atom stereocenters. The van der Waals surface area contributed by atoms with E-state index >= 15 is 0 Å². The highest BCUT2D eigenvalue weighted by Gasteiger charge is 2.34. The van der Waals surface area contributed by atoms with Crippen molar-refractivity contribution in [2.24, 2.45) is 5.41 Å². The molecule has 3 nitrogen and oxygen atoms in total. The van der Waals surface area contributed by atoms with E-state index in [9.17, 15) is 18.0 Å². The van der Waals surface area contributed by atoms with Gasteiger partial charge in [-0.1, -0.05) is 0 Å². The van der Waals surface area contributed by atoms with Crippen molar-refractivity contribution in [3.05, 3.63) is 0 Å². The van der Waals surface area contributed by atoms with Crippen molar-refractivity contribution in [1.29, 1.82) is 0 Å². The largest absolute Gasteiger partial charge is 0.481 e. The Labute approximate surface area is 99.6 Å². The first-order valence-electron chi connectivity index (χ1n) is 5.50.